The number of carbonyl (C=O) groups excluding carboxylic acids is 5. The minimum atomic E-state index is -1.25. The molecule has 11 heteroatoms. The molecule has 3 N–H and O–H groups in total. The predicted octanol–water partition coefficient (Wildman–Crippen LogP) is 4.97. The average molecular weight is 652 g/mol. The Labute approximate surface area is 274 Å². The van der Waals surface area contributed by atoms with E-state index in [-0.39, 0.29) is 30.7 Å². The zero-order valence-corrected chi connectivity index (χ0v) is 26.6. The van der Waals surface area contributed by atoms with Crippen LogP contribution in [0.25, 0.3) is 0 Å². The number of carbonyl (C=O) groups is 5. The first-order valence-corrected chi connectivity index (χ1v) is 16.7. The lowest BCUT2D eigenvalue weighted by Crippen LogP contribution is -2.52. The Hall–Kier alpha value is -3.92. The zero-order chi connectivity index (χ0) is 32.5. The lowest BCUT2D eigenvalue weighted by Gasteiger charge is -2.28. The van der Waals surface area contributed by atoms with Crippen molar-refractivity contribution >= 4 is 41.3 Å². The number of hydrogen-bond acceptors (Lipinski definition) is 7. The van der Waals surface area contributed by atoms with Crippen LogP contribution in [0.2, 0.25) is 5.02 Å². The number of Topliss-reactive ketones (excluding diaryl/α,β-unsaturated/α-hetero) is 1. The molecule has 1 saturated heterocycles. The Morgan fingerprint density at radius 3 is 2.33 bits per heavy atom. The van der Waals surface area contributed by atoms with Crippen LogP contribution in [-0.4, -0.2) is 54.4 Å². The second-order valence-corrected chi connectivity index (χ2v) is 13.1. The minimum absolute atomic E-state index is 0.0230. The predicted molar refractivity (Wildman–Crippen MR) is 171 cm³/mol. The fraction of sp³-hybridized carbons (Fsp3) is 0.514. The number of hydrogen-bond donors (Lipinski definition) is 3. The first kappa shape index (κ1) is 33.4. The van der Waals surface area contributed by atoms with E-state index in [0.29, 0.717) is 24.4 Å². The fourth-order valence-corrected chi connectivity index (χ4v) is 6.47. The summed E-state index contributed by atoms with van der Waals surface area (Å²) < 4.78 is 11.6. The van der Waals surface area contributed by atoms with Gasteiger partial charge in [0.25, 0.3) is 11.8 Å². The van der Waals surface area contributed by atoms with Crippen LogP contribution in [-0.2, 0) is 35.1 Å². The highest BCUT2D eigenvalue weighted by Gasteiger charge is 2.38. The third kappa shape index (κ3) is 9.79. The van der Waals surface area contributed by atoms with Gasteiger partial charge >= 0.3 is 6.16 Å². The molecular weight excluding hydrogens is 610 g/mol. The van der Waals surface area contributed by atoms with Gasteiger partial charge in [-0.1, -0.05) is 86.2 Å². The largest absolute Gasteiger partial charge is 0.509 e. The van der Waals surface area contributed by atoms with Gasteiger partial charge < -0.3 is 25.4 Å². The van der Waals surface area contributed by atoms with Gasteiger partial charge in [0.05, 0.1) is 6.04 Å². The summed E-state index contributed by atoms with van der Waals surface area (Å²) in [6, 6.07) is 15.2. The van der Waals surface area contributed by atoms with Crippen molar-refractivity contribution in [2.75, 3.05) is 6.54 Å². The molecule has 246 valence electrons. The van der Waals surface area contributed by atoms with Crippen molar-refractivity contribution in [1.29, 1.82) is 0 Å². The van der Waals surface area contributed by atoms with Crippen LogP contribution in [0.4, 0.5) is 4.79 Å². The molecule has 0 spiro atoms. The Morgan fingerprint density at radius 2 is 1.65 bits per heavy atom. The van der Waals surface area contributed by atoms with Crippen LogP contribution < -0.4 is 16.0 Å². The maximum Gasteiger partial charge on any atom is 0.509 e. The third-order valence-electron chi connectivity index (χ3n) is 8.98. The number of benzene rings is 2. The molecular formula is C35H42ClN3O7. The molecule has 0 bridgehead atoms. The van der Waals surface area contributed by atoms with Crippen molar-refractivity contribution in [3.8, 4) is 0 Å². The Kier molecular flexibility index (Phi) is 11.7. The Bertz CT molecular complexity index is 1390. The van der Waals surface area contributed by atoms with Crippen molar-refractivity contribution in [2.24, 2.45) is 11.8 Å². The van der Waals surface area contributed by atoms with Gasteiger partial charge in [-0.15, -0.1) is 0 Å². The zero-order valence-electron chi connectivity index (χ0n) is 25.9. The van der Waals surface area contributed by atoms with E-state index < -0.39 is 47.9 Å². The molecule has 46 heavy (non-hydrogen) atoms. The van der Waals surface area contributed by atoms with Crippen molar-refractivity contribution in [3.05, 3.63) is 70.7 Å². The number of ether oxygens (including phenoxy) is 2. The molecule has 2 aromatic carbocycles. The normalized spacial score (nSPS) is 20.1. The van der Waals surface area contributed by atoms with Gasteiger partial charge in [0.1, 0.15) is 6.10 Å². The molecule has 2 aromatic rings. The summed E-state index contributed by atoms with van der Waals surface area (Å²) in [6.07, 6.45) is 4.56. The monoisotopic (exact) mass is 651 g/mol. The Morgan fingerprint density at radius 1 is 0.891 bits per heavy atom. The van der Waals surface area contributed by atoms with Gasteiger partial charge in [-0.2, -0.15) is 0 Å². The van der Waals surface area contributed by atoms with Gasteiger partial charge in [0, 0.05) is 29.9 Å². The van der Waals surface area contributed by atoms with Crippen LogP contribution in [0.3, 0.4) is 0 Å². The summed E-state index contributed by atoms with van der Waals surface area (Å²) in [5, 5.41) is 8.66. The van der Waals surface area contributed by atoms with Crippen LogP contribution >= 0.6 is 11.6 Å². The van der Waals surface area contributed by atoms with Gasteiger partial charge in [0.15, 0.2) is 6.10 Å². The van der Waals surface area contributed by atoms with Gasteiger partial charge in [-0.25, -0.2) is 4.79 Å². The molecule has 3 fully saturated rings. The van der Waals surface area contributed by atoms with Gasteiger partial charge in [-0.3, -0.25) is 19.2 Å². The smallest absolute Gasteiger partial charge is 0.426 e. The maximum absolute atomic E-state index is 13.8. The van der Waals surface area contributed by atoms with Gasteiger partial charge in [-0.05, 0) is 61.3 Å². The molecule has 1 aliphatic heterocycles. The molecule has 2 saturated carbocycles. The molecule has 1 heterocycles. The number of halogens is 1. The first-order valence-electron chi connectivity index (χ1n) is 16.3. The Balaban J connectivity index is 1.32. The molecule has 3 amide bonds. The van der Waals surface area contributed by atoms with E-state index in [0.717, 1.165) is 56.1 Å². The second kappa shape index (κ2) is 16.1. The summed E-state index contributed by atoms with van der Waals surface area (Å²) in [6.45, 7) is 0.462. The quantitative estimate of drug-likeness (QED) is 0.193. The van der Waals surface area contributed by atoms with E-state index in [1.807, 2.05) is 42.5 Å². The van der Waals surface area contributed by atoms with Gasteiger partial charge in [0.2, 0.25) is 11.7 Å². The first-order chi connectivity index (χ1) is 22.2. The lowest BCUT2D eigenvalue weighted by atomic mass is 9.85. The van der Waals surface area contributed by atoms with E-state index in [1.54, 1.807) is 12.1 Å². The molecule has 10 nitrogen and oxygen atoms in total. The topological polar surface area (TPSA) is 140 Å². The number of nitrogens with one attached hydrogen (secondary N) is 3. The summed E-state index contributed by atoms with van der Waals surface area (Å²) in [7, 11) is 0. The van der Waals surface area contributed by atoms with Crippen LogP contribution in [0, 0.1) is 11.8 Å². The summed E-state index contributed by atoms with van der Waals surface area (Å²) >= 11 is 6.20. The summed E-state index contributed by atoms with van der Waals surface area (Å²) in [5.74, 6) is -2.90. The highest BCUT2D eigenvalue weighted by molar-refractivity contribution is 6.38. The lowest BCUT2D eigenvalue weighted by molar-refractivity contribution is -0.142. The third-order valence-corrected chi connectivity index (χ3v) is 9.21. The molecule has 0 aromatic heterocycles. The molecule has 5 rings (SSSR count). The maximum atomic E-state index is 13.8. The molecule has 4 atom stereocenters. The van der Waals surface area contributed by atoms with E-state index >= 15 is 0 Å². The molecule has 3 aliphatic rings. The highest BCUT2D eigenvalue weighted by atomic mass is 35.5. The SMILES string of the molecule is O=C(OC(Cc1cccc(Cl)c1)c1ccccc1)O[C@@H](CC1CCCCC1)C(=O)N[C@@H](C[C@@H]1CCNC1=O)C(=O)C(=O)NC1CC1. The van der Waals surface area contributed by atoms with Crippen molar-refractivity contribution in [2.45, 2.75) is 94.9 Å². The number of ketones is 1. The summed E-state index contributed by atoms with van der Waals surface area (Å²) in [5.41, 5.74) is 1.60. The molecule has 1 unspecified atom stereocenters. The second-order valence-electron chi connectivity index (χ2n) is 12.6. The van der Waals surface area contributed by atoms with Crippen molar-refractivity contribution < 1.29 is 33.4 Å². The minimum Gasteiger partial charge on any atom is -0.426 e. The number of rotatable bonds is 14. The van der Waals surface area contributed by atoms with E-state index in [9.17, 15) is 24.0 Å². The highest BCUT2D eigenvalue weighted by Crippen LogP contribution is 2.30. The van der Waals surface area contributed by atoms with E-state index in [2.05, 4.69) is 16.0 Å². The van der Waals surface area contributed by atoms with Crippen LogP contribution in [0.1, 0.15) is 81.4 Å². The molecule has 0 radical (unpaired) electrons. The van der Waals surface area contributed by atoms with Crippen molar-refractivity contribution in [3.63, 3.8) is 0 Å². The van der Waals surface area contributed by atoms with Crippen molar-refractivity contribution in [1.82, 2.24) is 16.0 Å². The average Bonchev–Trinajstić information content (AvgIpc) is 3.78. The van der Waals surface area contributed by atoms with Crippen LogP contribution in [0.5, 0.6) is 0 Å². The molecule has 2 aliphatic carbocycles. The van der Waals surface area contributed by atoms with Crippen LogP contribution in [0.15, 0.2) is 54.6 Å². The fourth-order valence-electron chi connectivity index (χ4n) is 6.26. The van der Waals surface area contributed by atoms with E-state index in [1.165, 1.54) is 0 Å². The van der Waals surface area contributed by atoms with E-state index in [4.69, 9.17) is 21.1 Å². The summed E-state index contributed by atoms with van der Waals surface area (Å²) in [4.78, 5) is 65.6. The standard InChI is InChI=1S/C35H42ClN3O7/c36-26-13-7-10-23(18-26)20-29(24-11-5-2-6-12-24)45-35(44)46-30(19-22-8-3-1-4-9-22)33(42)39-28(21-25-16-17-37-32(25)41)31(40)34(43)38-27-14-15-27/h2,5-7,10-13,18,22,25,27-30H,1,3-4,8-9,14-17,19-21H2,(H,37,41)(H,38,43)(H,39,42)/t25-,28-,29?,30-/m0/s1. The number of amides is 3.